The van der Waals surface area contributed by atoms with Gasteiger partial charge in [-0.25, -0.2) is 0 Å². The van der Waals surface area contributed by atoms with Gasteiger partial charge >= 0.3 is 0 Å². The molecule has 96 valence electrons. The molecule has 0 bridgehead atoms. The highest BCUT2D eigenvalue weighted by atomic mass is 15.1. The molecule has 0 fully saturated rings. The average Bonchev–Trinajstić information content (AvgIpc) is 2.26. The summed E-state index contributed by atoms with van der Waals surface area (Å²) >= 11 is 0. The molecule has 1 N–H and O–H groups in total. The van der Waals surface area contributed by atoms with Gasteiger partial charge in [0.15, 0.2) is 0 Å². The van der Waals surface area contributed by atoms with E-state index in [4.69, 9.17) is 0 Å². The van der Waals surface area contributed by atoms with E-state index in [9.17, 15) is 0 Å². The van der Waals surface area contributed by atoms with E-state index >= 15 is 0 Å². The van der Waals surface area contributed by atoms with Crippen LogP contribution in [0.5, 0.6) is 0 Å². The lowest BCUT2D eigenvalue weighted by Crippen LogP contribution is -2.37. The summed E-state index contributed by atoms with van der Waals surface area (Å²) in [5, 5.41) is 3.50. The summed E-state index contributed by atoms with van der Waals surface area (Å²) < 4.78 is 0. The molecule has 0 aliphatic rings. The monoisotopic (exact) mass is 235 g/mol. The van der Waals surface area contributed by atoms with Crippen molar-refractivity contribution in [3.8, 4) is 0 Å². The van der Waals surface area contributed by atoms with Gasteiger partial charge in [0.25, 0.3) is 0 Å². The Hall–Kier alpha value is -0.930. The lowest BCUT2D eigenvalue weighted by molar-refractivity contribution is 0.287. The minimum Gasteiger partial charge on any atom is -0.313 e. The van der Waals surface area contributed by atoms with Crippen LogP contribution in [0.15, 0.2) is 18.2 Å². The minimum atomic E-state index is 0.532. The second kappa shape index (κ2) is 7.41. The first-order chi connectivity index (χ1) is 8.11. The van der Waals surface area contributed by atoms with Gasteiger partial charge in [0.1, 0.15) is 0 Å². The molecule has 1 rings (SSSR count). The zero-order valence-electron chi connectivity index (χ0n) is 11.5. The van der Waals surface area contributed by atoms with Crippen LogP contribution >= 0.6 is 0 Å². The topological polar surface area (TPSA) is 28.2 Å². The summed E-state index contributed by atoms with van der Waals surface area (Å²) in [5.74, 6) is 0. The van der Waals surface area contributed by atoms with Gasteiger partial charge in [0.05, 0.1) is 5.69 Å². The van der Waals surface area contributed by atoms with Gasteiger partial charge in [-0.2, -0.15) is 0 Å². The third-order valence-electron chi connectivity index (χ3n) is 2.71. The van der Waals surface area contributed by atoms with Crippen LogP contribution in [0.25, 0.3) is 0 Å². The molecule has 0 aromatic carbocycles. The van der Waals surface area contributed by atoms with E-state index in [1.807, 2.05) is 13.0 Å². The summed E-state index contributed by atoms with van der Waals surface area (Å²) in [4.78, 5) is 6.84. The maximum atomic E-state index is 4.52. The summed E-state index contributed by atoms with van der Waals surface area (Å²) in [7, 11) is 2.15. The normalized spacial score (nSPS) is 13.0. The number of likely N-dealkylation sites (N-methyl/N-ethyl adjacent to an activating group) is 1. The van der Waals surface area contributed by atoms with Crippen molar-refractivity contribution >= 4 is 0 Å². The summed E-state index contributed by atoms with van der Waals surface area (Å²) in [5.41, 5.74) is 2.24. The van der Waals surface area contributed by atoms with Crippen molar-refractivity contribution in [3.05, 3.63) is 29.6 Å². The van der Waals surface area contributed by atoms with Crippen molar-refractivity contribution in [1.82, 2.24) is 15.2 Å². The van der Waals surface area contributed by atoms with Crippen molar-refractivity contribution < 1.29 is 0 Å². The van der Waals surface area contributed by atoms with Gasteiger partial charge in [-0.05, 0) is 46.0 Å². The zero-order valence-corrected chi connectivity index (χ0v) is 11.5. The number of nitrogens with one attached hydrogen (secondary N) is 1. The van der Waals surface area contributed by atoms with E-state index in [-0.39, 0.29) is 0 Å². The molecule has 17 heavy (non-hydrogen) atoms. The van der Waals surface area contributed by atoms with Crippen LogP contribution in [-0.4, -0.2) is 36.1 Å². The van der Waals surface area contributed by atoms with Gasteiger partial charge in [-0.15, -0.1) is 0 Å². The Balaban J connectivity index is 2.36. The molecule has 1 aromatic rings. The van der Waals surface area contributed by atoms with Crippen LogP contribution in [0.4, 0.5) is 0 Å². The molecule has 0 radical (unpaired) electrons. The van der Waals surface area contributed by atoms with E-state index in [0.29, 0.717) is 6.04 Å². The summed E-state index contributed by atoms with van der Waals surface area (Å²) in [6, 6.07) is 6.73. The van der Waals surface area contributed by atoms with Crippen LogP contribution in [0.3, 0.4) is 0 Å². The number of aromatic nitrogens is 1. The molecule has 0 saturated heterocycles. The van der Waals surface area contributed by atoms with Crippen molar-refractivity contribution in [3.63, 3.8) is 0 Å². The molecule has 0 spiro atoms. The van der Waals surface area contributed by atoms with Crippen LogP contribution in [0.2, 0.25) is 0 Å². The molecule has 0 amide bonds. The van der Waals surface area contributed by atoms with E-state index in [1.54, 1.807) is 0 Å². The molecular formula is C14H25N3. The first kappa shape index (κ1) is 14.1. The van der Waals surface area contributed by atoms with Crippen molar-refractivity contribution in [2.45, 2.75) is 39.8 Å². The van der Waals surface area contributed by atoms with Gasteiger partial charge in [0.2, 0.25) is 0 Å². The molecule has 1 atom stereocenters. The third kappa shape index (κ3) is 5.80. The van der Waals surface area contributed by atoms with Gasteiger partial charge in [-0.3, -0.25) is 9.88 Å². The Bertz CT molecular complexity index is 325. The lowest BCUT2D eigenvalue weighted by Gasteiger charge is -2.21. The summed E-state index contributed by atoms with van der Waals surface area (Å²) in [6.07, 6.45) is 1.19. The van der Waals surface area contributed by atoms with Crippen LogP contribution in [0.1, 0.15) is 31.7 Å². The Kier molecular flexibility index (Phi) is 6.16. The Labute approximate surface area is 105 Å². The molecule has 0 saturated carbocycles. The molecule has 3 heteroatoms. The number of hydrogen-bond donors (Lipinski definition) is 1. The largest absolute Gasteiger partial charge is 0.313 e. The maximum Gasteiger partial charge on any atom is 0.0547 e. The highest BCUT2D eigenvalue weighted by molar-refractivity contribution is 5.09. The van der Waals surface area contributed by atoms with Crippen LogP contribution < -0.4 is 5.32 Å². The summed E-state index contributed by atoms with van der Waals surface area (Å²) in [6.45, 7) is 9.53. The first-order valence-corrected chi connectivity index (χ1v) is 6.46. The number of rotatable bonds is 7. The SMILES string of the molecule is CCCNC(C)CN(C)Cc1cccc(C)n1. The zero-order chi connectivity index (χ0) is 12.7. The van der Waals surface area contributed by atoms with Crippen molar-refractivity contribution in [1.29, 1.82) is 0 Å². The highest BCUT2D eigenvalue weighted by Crippen LogP contribution is 2.02. The van der Waals surface area contributed by atoms with E-state index in [1.165, 1.54) is 6.42 Å². The van der Waals surface area contributed by atoms with Crippen molar-refractivity contribution in [2.75, 3.05) is 20.1 Å². The fraction of sp³-hybridized carbons (Fsp3) is 0.643. The smallest absolute Gasteiger partial charge is 0.0547 e. The molecule has 1 aromatic heterocycles. The molecule has 0 aliphatic carbocycles. The molecule has 3 nitrogen and oxygen atoms in total. The molecular weight excluding hydrogens is 210 g/mol. The Morgan fingerprint density at radius 2 is 2.18 bits per heavy atom. The fourth-order valence-corrected chi connectivity index (χ4v) is 1.95. The van der Waals surface area contributed by atoms with E-state index in [0.717, 1.165) is 31.0 Å². The third-order valence-corrected chi connectivity index (χ3v) is 2.71. The quantitative estimate of drug-likeness (QED) is 0.785. The van der Waals surface area contributed by atoms with Crippen LogP contribution in [-0.2, 0) is 6.54 Å². The maximum absolute atomic E-state index is 4.52. The second-order valence-corrected chi connectivity index (χ2v) is 4.82. The Morgan fingerprint density at radius 3 is 2.82 bits per heavy atom. The number of pyridine rings is 1. The minimum absolute atomic E-state index is 0.532. The van der Waals surface area contributed by atoms with E-state index in [2.05, 4.69) is 48.2 Å². The number of hydrogen-bond acceptors (Lipinski definition) is 3. The second-order valence-electron chi connectivity index (χ2n) is 4.82. The molecule has 1 heterocycles. The predicted molar refractivity (Wildman–Crippen MR) is 73.1 cm³/mol. The predicted octanol–water partition coefficient (Wildman–Crippen LogP) is 2.21. The lowest BCUT2D eigenvalue weighted by atomic mass is 10.2. The standard InChI is InChI=1S/C14H25N3/c1-5-9-15-13(3)10-17(4)11-14-8-6-7-12(2)16-14/h6-8,13,15H,5,9-11H2,1-4H3. The highest BCUT2D eigenvalue weighted by Gasteiger charge is 2.06. The van der Waals surface area contributed by atoms with Gasteiger partial charge in [-0.1, -0.05) is 13.0 Å². The van der Waals surface area contributed by atoms with Crippen molar-refractivity contribution in [2.24, 2.45) is 0 Å². The fourth-order valence-electron chi connectivity index (χ4n) is 1.95. The Morgan fingerprint density at radius 1 is 1.41 bits per heavy atom. The molecule has 1 unspecified atom stereocenters. The van der Waals surface area contributed by atoms with Gasteiger partial charge in [0, 0.05) is 24.8 Å². The number of nitrogens with zero attached hydrogens (tertiary/aromatic N) is 2. The molecule has 0 aliphatic heterocycles. The van der Waals surface area contributed by atoms with Crippen LogP contribution in [0, 0.1) is 6.92 Å². The first-order valence-electron chi connectivity index (χ1n) is 6.46. The van der Waals surface area contributed by atoms with E-state index < -0.39 is 0 Å². The van der Waals surface area contributed by atoms with Gasteiger partial charge < -0.3 is 5.32 Å². The average molecular weight is 235 g/mol. The number of aryl methyl sites for hydroxylation is 1.